The molecule has 0 aliphatic rings. The highest BCUT2D eigenvalue weighted by Crippen LogP contribution is 2.20. The molecule has 5 nitrogen and oxygen atoms in total. The average molecular weight is 316 g/mol. The fourth-order valence-electron chi connectivity index (χ4n) is 2.44. The van der Waals surface area contributed by atoms with Crippen molar-refractivity contribution in [2.24, 2.45) is 0 Å². The van der Waals surface area contributed by atoms with E-state index >= 15 is 0 Å². The van der Waals surface area contributed by atoms with Crippen molar-refractivity contribution in [3.8, 4) is 0 Å². The van der Waals surface area contributed by atoms with Crippen LogP contribution < -0.4 is 10.9 Å². The average Bonchev–Trinajstić information content (AvgIpc) is 2.55. The third kappa shape index (κ3) is 4.84. The molecule has 0 fully saturated rings. The van der Waals surface area contributed by atoms with Crippen molar-refractivity contribution < 1.29 is 9.21 Å². The molecule has 23 heavy (non-hydrogen) atoms. The van der Waals surface area contributed by atoms with Crippen LogP contribution in [0.4, 0.5) is 5.69 Å². The van der Waals surface area contributed by atoms with Gasteiger partial charge in [0.1, 0.15) is 5.58 Å². The van der Waals surface area contributed by atoms with Crippen LogP contribution in [0.25, 0.3) is 11.0 Å². The summed E-state index contributed by atoms with van der Waals surface area (Å²) in [5.41, 5.74) is 0.990. The molecule has 124 valence electrons. The SMILES string of the molecule is CCCCC(=O)N(C)CCCNc1cc(=O)oc2ccccc12. The molecule has 0 saturated carbocycles. The summed E-state index contributed by atoms with van der Waals surface area (Å²) in [7, 11) is 1.84. The van der Waals surface area contributed by atoms with Gasteiger partial charge in [-0.3, -0.25) is 4.79 Å². The molecule has 1 amide bonds. The van der Waals surface area contributed by atoms with Crippen molar-refractivity contribution in [2.75, 3.05) is 25.5 Å². The van der Waals surface area contributed by atoms with Gasteiger partial charge in [-0.1, -0.05) is 25.5 Å². The smallest absolute Gasteiger partial charge is 0.338 e. The molecule has 0 radical (unpaired) electrons. The second-order valence-electron chi connectivity index (χ2n) is 5.67. The zero-order valence-electron chi connectivity index (χ0n) is 13.8. The molecule has 0 saturated heterocycles. The van der Waals surface area contributed by atoms with Gasteiger partial charge >= 0.3 is 5.63 Å². The maximum atomic E-state index is 11.8. The van der Waals surface area contributed by atoms with Crippen LogP contribution in [0.15, 0.2) is 39.5 Å². The molecule has 5 heteroatoms. The van der Waals surface area contributed by atoms with Crippen LogP contribution in [0.1, 0.15) is 32.6 Å². The number of carbonyl (C=O) groups excluding carboxylic acids is 1. The standard InChI is InChI=1S/C18H24N2O3/c1-3-4-10-17(21)20(2)12-7-11-19-15-13-18(22)23-16-9-6-5-8-14(15)16/h5-6,8-9,13,19H,3-4,7,10-12H2,1-2H3. The molecule has 2 rings (SSSR count). The van der Waals surface area contributed by atoms with E-state index in [1.165, 1.54) is 6.07 Å². The lowest BCUT2D eigenvalue weighted by molar-refractivity contribution is -0.130. The van der Waals surface area contributed by atoms with E-state index in [0.29, 0.717) is 25.1 Å². The van der Waals surface area contributed by atoms with Gasteiger partial charge in [-0.25, -0.2) is 4.79 Å². The zero-order valence-corrected chi connectivity index (χ0v) is 13.8. The van der Waals surface area contributed by atoms with Crippen molar-refractivity contribution in [3.05, 3.63) is 40.8 Å². The second-order valence-corrected chi connectivity index (χ2v) is 5.67. The fraction of sp³-hybridized carbons (Fsp3) is 0.444. The number of nitrogens with zero attached hydrogens (tertiary/aromatic N) is 1. The largest absolute Gasteiger partial charge is 0.423 e. The van der Waals surface area contributed by atoms with Gasteiger partial charge in [-0.2, -0.15) is 0 Å². The predicted octanol–water partition coefficient (Wildman–Crippen LogP) is 3.24. The van der Waals surface area contributed by atoms with Gasteiger partial charge in [0.15, 0.2) is 0 Å². The summed E-state index contributed by atoms with van der Waals surface area (Å²) in [6.45, 7) is 3.48. The first kappa shape index (κ1) is 17.1. The van der Waals surface area contributed by atoms with E-state index in [4.69, 9.17) is 4.42 Å². The molecule has 1 heterocycles. The number of fused-ring (bicyclic) bond motifs is 1. The molecular formula is C18H24N2O3. The summed E-state index contributed by atoms with van der Waals surface area (Å²) in [4.78, 5) is 25.2. The summed E-state index contributed by atoms with van der Waals surface area (Å²) >= 11 is 0. The minimum atomic E-state index is -0.363. The molecule has 1 aromatic carbocycles. The maximum Gasteiger partial charge on any atom is 0.338 e. The number of carbonyl (C=O) groups is 1. The molecule has 0 spiro atoms. The highest BCUT2D eigenvalue weighted by Gasteiger charge is 2.08. The lowest BCUT2D eigenvalue weighted by Crippen LogP contribution is -2.28. The van der Waals surface area contributed by atoms with Gasteiger partial charge in [0.2, 0.25) is 5.91 Å². The number of para-hydroxylation sites is 1. The number of hydrogen-bond acceptors (Lipinski definition) is 4. The second kappa shape index (κ2) is 8.36. The molecular weight excluding hydrogens is 292 g/mol. The molecule has 0 bridgehead atoms. The van der Waals surface area contributed by atoms with Crippen molar-refractivity contribution >= 4 is 22.6 Å². The zero-order chi connectivity index (χ0) is 16.7. The highest BCUT2D eigenvalue weighted by molar-refractivity contribution is 5.89. The van der Waals surface area contributed by atoms with Gasteiger partial charge in [-0.15, -0.1) is 0 Å². The molecule has 0 unspecified atom stereocenters. The Morgan fingerprint density at radius 1 is 1.26 bits per heavy atom. The van der Waals surface area contributed by atoms with Crippen LogP contribution in [0.5, 0.6) is 0 Å². The summed E-state index contributed by atoms with van der Waals surface area (Å²) in [6, 6.07) is 8.92. The third-order valence-electron chi connectivity index (χ3n) is 3.81. The normalized spacial score (nSPS) is 10.7. The summed E-state index contributed by atoms with van der Waals surface area (Å²) in [6.07, 6.45) is 3.41. The summed E-state index contributed by atoms with van der Waals surface area (Å²) in [5, 5.41) is 4.16. The van der Waals surface area contributed by atoms with E-state index < -0.39 is 0 Å². The van der Waals surface area contributed by atoms with Crippen molar-refractivity contribution in [1.82, 2.24) is 4.90 Å². The van der Waals surface area contributed by atoms with Crippen LogP contribution in [0.3, 0.4) is 0 Å². The Labute approximate surface area is 136 Å². The number of unbranched alkanes of at least 4 members (excludes halogenated alkanes) is 1. The number of nitrogens with one attached hydrogen (secondary N) is 1. The first-order valence-corrected chi connectivity index (χ1v) is 8.12. The fourth-order valence-corrected chi connectivity index (χ4v) is 2.44. The molecule has 0 atom stereocenters. The number of amides is 1. The van der Waals surface area contributed by atoms with E-state index in [1.807, 2.05) is 25.2 Å². The van der Waals surface area contributed by atoms with Gasteiger partial charge in [-0.05, 0) is 25.0 Å². The highest BCUT2D eigenvalue weighted by atomic mass is 16.4. The summed E-state index contributed by atoms with van der Waals surface area (Å²) in [5.74, 6) is 0.192. The minimum absolute atomic E-state index is 0.192. The Hall–Kier alpha value is -2.30. The van der Waals surface area contributed by atoms with E-state index in [1.54, 1.807) is 11.0 Å². The lowest BCUT2D eigenvalue weighted by atomic mass is 10.2. The first-order valence-electron chi connectivity index (χ1n) is 8.12. The molecule has 0 aliphatic heterocycles. The molecule has 0 aliphatic carbocycles. The first-order chi connectivity index (χ1) is 11.1. The van der Waals surface area contributed by atoms with Crippen LogP contribution in [0, 0.1) is 0 Å². The van der Waals surface area contributed by atoms with Crippen LogP contribution in [-0.2, 0) is 4.79 Å². The van der Waals surface area contributed by atoms with Gasteiger partial charge < -0.3 is 14.6 Å². The number of benzene rings is 1. The third-order valence-corrected chi connectivity index (χ3v) is 3.81. The lowest BCUT2D eigenvalue weighted by Gasteiger charge is -2.17. The van der Waals surface area contributed by atoms with Crippen LogP contribution in [-0.4, -0.2) is 30.9 Å². The Kier molecular flexibility index (Phi) is 6.20. The molecule has 2 aromatic rings. The topological polar surface area (TPSA) is 62.6 Å². The predicted molar refractivity (Wildman–Crippen MR) is 92.8 cm³/mol. The molecule has 1 aromatic heterocycles. The van der Waals surface area contributed by atoms with E-state index in [0.717, 1.165) is 30.3 Å². The monoisotopic (exact) mass is 316 g/mol. The Balaban J connectivity index is 1.87. The Morgan fingerprint density at radius 3 is 2.83 bits per heavy atom. The number of rotatable bonds is 8. The van der Waals surface area contributed by atoms with Gasteiger partial charge in [0.25, 0.3) is 0 Å². The van der Waals surface area contributed by atoms with E-state index in [-0.39, 0.29) is 11.5 Å². The Bertz CT molecular complexity index is 709. The summed E-state index contributed by atoms with van der Waals surface area (Å²) < 4.78 is 5.17. The van der Waals surface area contributed by atoms with Gasteiger partial charge in [0, 0.05) is 38.0 Å². The van der Waals surface area contributed by atoms with E-state index in [2.05, 4.69) is 12.2 Å². The molecule has 1 N–H and O–H groups in total. The minimum Gasteiger partial charge on any atom is -0.423 e. The van der Waals surface area contributed by atoms with Crippen LogP contribution >= 0.6 is 0 Å². The number of anilines is 1. The van der Waals surface area contributed by atoms with Crippen molar-refractivity contribution in [1.29, 1.82) is 0 Å². The van der Waals surface area contributed by atoms with E-state index in [9.17, 15) is 9.59 Å². The van der Waals surface area contributed by atoms with Crippen molar-refractivity contribution in [3.63, 3.8) is 0 Å². The van der Waals surface area contributed by atoms with Crippen LogP contribution in [0.2, 0.25) is 0 Å². The quantitative estimate of drug-likeness (QED) is 0.600. The van der Waals surface area contributed by atoms with Crippen molar-refractivity contribution in [2.45, 2.75) is 32.6 Å². The Morgan fingerprint density at radius 2 is 2.04 bits per heavy atom. The maximum absolute atomic E-state index is 11.8. The number of hydrogen-bond donors (Lipinski definition) is 1. The van der Waals surface area contributed by atoms with Gasteiger partial charge in [0.05, 0.1) is 5.69 Å².